The van der Waals surface area contributed by atoms with Gasteiger partial charge < -0.3 is 15.0 Å². The second kappa shape index (κ2) is 10.2. The zero-order valence-electron chi connectivity index (χ0n) is 19.9. The van der Waals surface area contributed by atoms with E-state index in [0.717, 1.165) is 18.4 Å². The zero-order chi connectivity index (χ0) is 25.1. The van der Waals surface area contributed by atoms with Crippen molar-refractivity contribution in [2.45, 2.75) is 37.3 Å². The van der Waals surface area contributed by atoms with E-state index in [2.05, 4.69) is 10.3 Å². The highest BCUT2D eigenvalue weighted by Crippen LogP contribution is 2.41. The minimum Gasteiger partial charge on any atom is -0.376 e. The number of rotatable bonds is 6. The van der Waals surface area contributed by atoms with Gasteiger partial charge in [-0.1, -0.05) is 18.2 Å². The van der Waals surface area contributed by atoms with Gasteiger partial charge in [-0.05, 0) is 61.6 Å². The Morgan fingerprint density at radius 3 is 2.58 bits per heavy atom. The number of halogens is 1. The molecule has 1 aromatic carbocycles. The van der Waals surface area contributed by atoms with Crippen LogP contribution in [0.4, 0.5) is 9.18 Å². The lowest BCUT2D eigenvalue weighted by Gasteiger charge is -2.40. The van der Waals surface area contributed by atoms with E-state index in [1.54, 1.807) is 41.4 Å². The number of nitrogens with one attached hydrogen (secondary N) is 1. The highest BCUT2D eigenvalue weighted by atomic mass is 19.1. The zero-order valence-corrected chi connectivity index (χ0v) is 19.9. The van der Waals surface area contributed by atoms with Crippen molar-refractivity contribution in [3.8, 4) is 0 Å². The molecule has 2 atom stereocenters. The van der Waals surface area contributed by atoms with E-state index < -0.39 is 11.6 Å². The van der Waals surface area contributed by atoms with Crippen molar-refractivity contribution in [2.75, 3.05) is 26.2 Å². The highest BCUT2D eigenvalue weighted by Gasteiger charge is 2.58. The monoisotopic (exact) mass is 492 g/mol. The Morgan fingerprint density at radius 1 is 1.14 bits per heavy atom. The molecule has 3 fully saturated rings. The predicted molar refractivity (Wildman–Crippen MR) is 130 cm³/mol. The van der Waals surface area contributed by atoms with Crippen LogP contribution in [0.2, 0.25) is 0 Å². The van der Waals surface area contributed by atoms with Crippen LogP contribution in [0.5, 0.6) is 0 Å². The van der Waals surface area contributed by atoms with Crippen LogP contribution >= 0.6 is 0 Å². The lowest BCUT2D eigenvalue weighted by atomic mass is 9.75. The molecule has 0 bridgehead atoms. The fourth-order valence-electron chi connectivity index (χ4n) is 5.39. The third kappa shape index (κ3) is 4.63. The van der Waals surface area contributed by atoms with E-state index in [0.29, 0.717) is 38.2 Å². The number of carbonyl (C=O) groups excluding carboxylic acids is 3. The number of benzene rings is 1. The van der Waals surface area contributed by atoms with Crippen LogP contribution in [0.3, 0.4) is 0 Å². The van der Waals surface area contributed by atoms with Crippen LogP contribution in [-0.4, -0.2) is 65.0 Å². The van der Waals surface area contributed by atoms with Crippen molar-refractivity contribution in [3.63, 3.8) is 0 Å². The van der Waals surface area contributed by atoms with E-state index in [1.807, 2.05) is 6.07 Å². The number of imide groups is 1. The first-order valence-corrected chi connectivity index (χ1v) is 12.4. The molecular weight excluding hydrogens is 463 g/mol. The number of hydrogen-bond acceptors (Lipinski definition) is 5. The molecule has 3 aliphatic heterocycles. The number of pyridine rings is 1. The molecule has 8 nitrogen and oxygen atoms in total. The molecule has 3 saturated heterocycles. The van der Waals surface area contributed by atoms with Gasteiger partial charge in [0.05, 0.1) is 18.3 Å². The van der Waals surface area contributed by atoms with Crippen LogP contribution in [-0.2, 0) is 19.9 Å². The van der Waals surface area contributed by atoms with Gasteiger partial charge in [0, 0.05) is 37.9 Å². The molecule has 4 amide bonds. The smallest absolute Gasteiger partial charge is 0.325 e. The summed E-state index contributed by atoms with van der Waals surface area (Å²) in [5, 5.41) is 2.99. The first-order valence-electron chi connectivity index (χ1n) is 12.4. The summed E-state index contributed by atoms with van der Waals surface area (Å²) in [6, 6.07) is 10.8. The molecular formula is C27H29FN4O4. The van der Waals surface area contributed by atoms with E-state index in [-0.39, 0.29) is 36.2 Å². The molecule has 0 unspecified atom stereocenters. The Labute approximate surface area is 209 Å². The molecule has 1 aromatic heterocycles. The van der Waals surface area contributed by atoms with E-state index in [4.69, 9.17) is 4.74 Å². The van der Waals surface area contributed by atoms with Crippen molar-refractivity contribution >= 4 is 23.9 Å². The Morgan fingerprint density at radius 2 is 1.92 bits per heavy atom. The van der Waals surface area contributed by atoms with E-state index in [9.17, 15) is 18.8 Å². The number of urea groups is 1. The topological polar surface area (TPSA) is 91.8 Å². The van der Waals surface area contributed by atoms with E-state index >= 15 is 0 Å². The number of ether oxygens (including phenoxy) is 1. The number of likely N-dealkylation sites (tertiary alicyclic amines) is 1. The SMILES string of the molecule is O=C(/C=C/c1ccc(F)cc1)N1CCC([C@]2(c3ccccn3)NC(=O)N(C[C@H]3CCCO3)C2=O)CC1. The average Bonchev–Trinajstić information content (AvgIpc) is 3.51. The van der Waals surface area contributed by atoms with Gasteiger partial charge >= 0.3 is 6.03 Å². The number of hydrogen-bond donors (Lipinski definition) is 1. The molecule has 2 aromatic rings. The highest BCUT2D eigenvalue weighted by molar-refractivity contribution is 6.07. The van der Waals surface area contributed by atoms with Crippen molar-refractivity contribution in [1.82, 2.24) is 20.1 Å². The summed E-state index contributed by atoms with van der Waals surface area (Å²) in [6.45, 7) is 1.76. The van der Waals surface area contributed by atoms with Crippen LogP contribution in [0.25, 0.3) is 6.08 Å². The molecule has 9 heteroatoms. The number of nitrogens with zero attached hydrogens (tertiary/aromatic N) is 3. The first kappa shape index (κ1) is 24.1. The molecule has 1 N–H and O–H groups in total. The second-order valence-electron chi connectivity index (χ2n) is 9.49. The fourth-order valence-corrected chi connectivity index (χ4v) is 5.39. The largest absolute Gasteiger partial charge is 0.376 e. The van der Waals surface area contributed by atoms with Crippen molar-refractivity contribution in [1.29, 1.82) is 0 Å². The van der Waals surface area contributed by atoms with Gasteiger partial charge in [0.15, 0.2) is 5.54 Å². The van der Waals surface area contributed by atoms with Gasteiger partial charge in [0.2, 0.25) is 5.91 Å². The van der Waals surface area contributed by atoms with Gasteiger partial charge in [-0.25, -0.2) is 9.18 Å². The third-order valence-corrected chi connectivity index (χ3v) is 7.32. The summed E-state index contributed by atoms with van der Waals surface area (Å²) in [5.41, 5.74) is -0.0192. The molecule has 3 aliphatic rings. The Kier molecular flexibility index (Phi) is 6.82. The molecule has 4 heterocycles. The summed E-state index contributed by atoms with van der Waals surface area (Å²) in [5.74, 6) is -0.997. The lowest BCUT2D eigenvalue weighted by molar-refractivity contribution is -0.136. The summed E-state index contributed by atoms with van der Waals surface area (Å²) < 4.78 is 18.8. The fraction of sp³-hybridized carbons (Fsp3) is 0.407. The number of amides is 4. The summed E-state index contributed by atoms with van der Waals surface area (Å²) in [7, 11) is 0. The quantitative estimate of drug-likeness (QED) is 0.494. The third-order valence-electron chi connectivity index (χ3n) is 7.32. The normalized spacial score (nSPS) is 25.1. The first-order chi connectivity index (χ1) is 17.5. The number of piperidine rings is 1. The number of carbonyl (C=O) groups is 3. The van der Waals surface area contributed by atoms with Crippen LogP contribution in [0.15, 0.2) is 54.7 Å². The van der Waals surface area contributed by atoms with Gasteiger partial charge in [-0.3, -0.25) is 19.5 Å². The molecule has 188 valence electrons. The van der Waals surface area contributed by atoms with Crippen molar-refractivity contribution < 1.29 is 23.5 Å². The maximum absolute atomic E-state index is 13.9. The van der Waals surface area contributed by atoms with Crippen LogP contribution < -0.4 is 5.32 Å². The Balaban J connectivity index is 1.31. The van der Waals surface area contributed by atoms with Gasteiger partial charge in [0.1, 0.15) is 5.82 Å². The predicted octanol–water partition coefficient (Wildman–Crippen LogP) is 3.10. The average molecular weight is 493 g/mol. The van der Waals surface area contributed by atoms with Crippen LogP contribution in [0, 0.1) is 11.7 Å². The maximum Gasteiger partial charge on any atom is 0.325 e. The summed E-state index contributed by atoms with van der Waals surface area (Å²) in [4.78, 5) is 47.1. The minimum absolute atomic E-state index is 0.147. The molecule has 5 rings (SSSR count). The molecule has 0 aliphatic carbocycles. The molecule has 0 saturated carbocycles. The maximum atomic E-state index is 13.9. The van der Waals surface area contributed by atoms with Crippen LogP contribution in [0.1, 0.15) is 36.9 Å². The van der Waals surface area contributed by atoms with Crippen molar-refractivity contribution in [3.05, 3.63) is 71.8 Å². The molecule has 36 heavy (non-hydrogen) atoms. The van der Waals surface area contributed by atoms with Gasteiger partial charge in [0.25, 0.3) is 5.91 Å². The van der Waals surface area contributed by atoms with Gasteiger partial charge in [-0.15, -0.1) is 0 Å². The van der Waals surface area contributed by atoms with Crippen molar-refractivity contribution in [2.24, 2.45) is 5.92 Å². The summed E-state index contributed by atoms with van der Waals surface area (Å²) in [6.07, 6.45) is 7.42. The lowest BCUT2D eigenvalue weighted by Crippen LogP contribution is -2.54. The molecule has 0 radical (unpaired) electrons. The Bertz CT molecular complexity index is 1140. The standard InChI is InChI=1S/C27H29FN4O4/c28-21-9-6-19(7-10-21)8-11-24(33)31-15-12-20(13-16-31)27(23-5-1-2-14-29-23)25(34)32(26(35)30-27)18-22-4-3-17-36-22/h1-2,5-11,14,20,22H,3-4,12-13,15-18H2,(H,30,35)/b11-8+/t22-,27-/m1/s1. The van der Waals surface area contributed by atoms with Gasteiger partial charge in [-0.2, -0.15) is 0 Å². The summed E-state index contributed by atoms with van der Waals surface area (Å²) >= 11 is 0. The Hall–Kier alpha value is -3.59. The van der Waals surface area contributed by atoms with E-state index in [1.165, 1.54) is 23.1 Å². The molecule has 0 spiro atoms. The second-order valence-corrected chi connectivity index (χ2v) is 9.49. The number of aromatic nitrogens is 1. The minimum atomic E-state index is -1.27.